The van der Waals surface area contributed by atoms with E-state index in [0.717, 1.165) is 25.9 Å². The first-order chi connectivity index (χ1) is 14.0. The Balaban J connectivity index is 1.65. The fraction of sp³-hybridized carbons (Fsp3) is 0.211. The van der Waals surface area contributed by atoms with Gasteiger partial charge in [-0.25, -0.2) is 9.67 Å². The van der Waals surface area contributed by atoms with E-state index in [9.17, 15) is 14.9 Å². The molecule has 2 aromatic carbocycles. The Morgan fingerprint density at radius 3 is 2.59 bits per heavy atom. The van der Waals surface area contributed by atoms with Gasteiger partial charge in [-0.3, -0.25) is 14.9 Å². The number of nitrogens with one attached hydrogen (secondary N) is 1. The highest BCUT2D eigenvalue weighted by Gasteiger charge is 2.24. The molecule has 4 rings (SSSR count). The van der Waals surface area contributed by atoms with E-state index in [-0.39, 0.29) is 11.3 Å². The lowest BCUT2D eigenvalue weighted by Crippen LogP contribution is -2.20. The van der Waals surface area contributed by atoms with E-state index in [2.05, 4.69) is 15.4 Å². The average Bonchev–Trinajstić information content (AvgIpc) is 3.42. The molecule has 1 N–H and O–H groups in total. The van der Waals surface area contributed by atoms with Crippen LogP contribution >= 0.6 is 11.6 Å². The lowest BCUT2D eigenvalue weighted by molar-refractivity contribution is -0.384. The Morgan fingerprint density at radius 2 is 1.90 bits per heavy atom. The number of nitrogens with zero attached hydrogens (tertiary/aromatic N) is 5. The van der Waals surface area contributed by atoms with E-state index in [1.54, 1.807) is 30.3 Å². The second-order valence-corrected chi connectivity index (χ2v) is 7.05. The van der Waals surface area contributed by atoms with Gasteiger partial charge in [0.25, 0.3) is 11.6 Å². The smallest absolute Gasteiger partial charge is 0.293 e. The third kappa shape index (κ3) is 3.90. The Kier molecular flexibility index (Phi) is 5.13. The van der Waals surface area contributed by atoms with E-state index >= 15 is 0 Å². The fourth-order valence-corrected chi connectivity index (χ4v) is 3.54. The summed E-state index contributed by atoms with van der Waals surface area (Å²) < 4.78 is 1.49. The molecule has 0 unspecified atom stereocenters. The van der Waals surface area contributed by atoms with Gasteiger partial charge in [0.15, 0.2) is 0 Å². The Morgan fingerprint density at radius 1 is 1.14 bits per heavy atom. The van der Waals surface area contributed by atoms with Gasteiger partial charge in [0.05, 0.1) is 16.3 Å². The second-order valence-electron chi connectivity index (χ2n) is 6.61. The zero-order valence-corrected chi connectivity index (χ0v) is 16.0. The van der Waals surface area contributed by atoms with E-state index in [0.29, 0.717) is 22.1 Å². The van der Waals surface area contributed by atoms with Crippen LogP contribution in [0.25, 0.3) is 5.69 Å². The number of hydrogen-bond acceptors (Lipinski definition) is 6. The molecule has 0 aliphatic carbocycles. The van der Waals surface area contributed by atoms with Crippen molar-refractivity contribution in [3.05, 3.63) is 69.8 Å². The minimum Gasteiger partial charge on any atom is -0.366 e. The molecular formula is C19H17ClN6O3. The summed E-state index contributed by atoms with van der Waals surface area (Å²) in [6, 6.07) is 9.49. The molecular weight excluding hydrogens is 396 g/mol. The van der Waals surface area contributed by atoms with E-state index in [4.69, 9.17) is 11.6 Å². The molecule has 3 aromatic rings. The maximum absolute atomic E-state index is 12.8. The summed E-state index contributed by atoms with van der Waals surface area (Å²) in [5, 5.41) is 18.8. The van der Waals surface area contributed by atoms with Crippen LogP contribution in [-0.2, 0) is 0 Å². The van der Waals surface area contributed by atoms with Crippen molar-refractivity contribution in [1.82, 2.24) is 14.8 Å². The molecule has 0 atom stereocenters. The van der Waals surface area contributed by atoms with E-state index in [1.165, 1.54) is 23.4 Å². The van der Waals surface area contributed by atoms with Crippen molar-refractivity contribution in [2.75, 3.05) is 23.3 Å². The van der Waals surface area contributed by atoms with Crippen molar-refractivity contribution in [3.8, 4) is 5.69 Å². The van der Waals surface area contributed by atoms with Gasteiger partial charge >= 0.3 is 0 Å². The molecule has 29 heavy (non-hydrogen) atoms. The van der Waals surface area contributed by atoms with Crippen LogP contribution in [0.15, 0.2) is 49.1 Å². The highest BCUT2D eigenvalue weighted by molar-refractivity contribution is 6.31. The molecule has 0 radical (unpaired) electrons. The number of nitro groups is 1. The van der Waals surface area contributed by atoms with Crippen molar-refractivity contribution in [2.24, 2.45) is 0 Å². The second kappa shape index (κ2) is 7.88. The highest BCUT2D eigenvalue weighted by atomic mass is 35.5. The molecule has 2 heterocycles. The number of carbonyl (C=O) groups excluding carboxylic acids is 1. The number of nitro benzene ring substituents is 1. The van der Waals surface area contributed by atoms with Crippen LogP contribution in [0.2, 0.25) is 5.02 Å². The van der Waals surface area contributed by atoms with Crippen LogP contribution in [0.1, 0.15) is 23.2 Å². The molecule has 1 fully saturated rings. The first-order valence-electron chi connectivity index (χ1n) is 9.02. The molecule has 1 aromatic heterocycles. The monoisotopic (exact) mass is 412 g/mol. The maximum Gasteiger partial charge on any atom is 0.293 e. The van der Waals surface area contributed by atoms with E-state index < -0.39 is 10.8 Å². The zero-order valence-electron chi connectivity index (χ0n) is 15.3. The van der Waals surface area contributed by atoms with Crippen molar-refractivity contribution in [3.63, 3.8) is 0 Å². The standard InChI is InChI=1S/C19H17ClN6O3/c20-14-4-6-16(25-12-21-11-22-25)15(10-14)23-19(27)13-3-5-17(18(9-13)26(28)29)24-7-1-2-8-24/h3-6,9-12H,1-2,7-8H2,(H,23,27). The van der Waals surface area contributed by atoms with Crippen molar-refractivity contribution in [1.29, 1.82) is 0 Å². The van der Waals surface area contributed by atoms with Gasteiger partial charge in [-0.2, -0.15) is 5.10 Å². The lowest BCUT2D eigenvalue weighted by atomic mass is 10.1. The Labute approximate surface area is 171 Å². The topological polar surface area (TPSA) is 106 Å². The third-order valence-electron chi connectivity index (χ3n) is 4.75. The van der Waals surface area contributed by atoms with Gasteiger partial charge in [0, 0.05) is 29.7 Å². The summed E-state index contributed by atoms with van der Waals surface area (Å²) >= 11 is 6.08. The van der Waals surface area contributed by atoms with Crippen molar-refractivity contribution < 1.29 is 9.72 Å². The molecule has 1 aliphatic rings. The molecule has 0 saturated carbocycles. The number of carbonyl (C=O) groups is 1. The van der Waals surface area contributed by atoms with Crippen LogP contribution < -0.4 is 10.2 Å². The Hall–Kier alpha value is -3.46. The average molecular weight is 413 g/mol. The van der Waals surface area contributed by atoms with Gasteiger partial charge in [0.2, 0.25) is 0 Å². The molecule has 1 aliphatic heterocycles. The molecule has 9 nitrogen and oxygen atoms in total. The van der Waals surface area contributed by atoms with Crippen LogP contribution in [0.4, 0.5) is 17.1 Å². The molecule has 0 bridgehead atoms. The predicted octanol–water partition coefficient (Wildman–Crippen LogP) is 3.68. The summed E-state index contributed by atoms with van der Waals surface area (Å²) in [6.45, 7) is 1.55. The highest BCUT2D eigenvalue weighted by Crippen LogP contribution is 2.32. The zero-order chi connectivity index (χ0) is 20.4. The van der Waals surface area contributed by atoms with Crippen LogP contribution in [0, 0.1) is 10.1 Å². The summed E-state index contributed by atoms with van der Waals surface area (Å²) in [4.78, 5) is 29.8. The minimum atomic E-state index is -0.482. The van der Waals surface area contributed by atoms with Crippen LogP contribution in [-0.4, -0.2) is 38.7 Å². The van der Waals surface area contributed by atoms with Gasteiger partial charge in [-0.05, 0) is 43.2 Å². The third-order valence-corrected chi connectivity index (χ3v) is 4.99. The SMILES string of the molecule is O=C(Nc1cc(Cl)ccc1-n1cncn1)c1ccc(N2CCCC2)c([N+](=O)[O-])c1. The first kappa shape index (κ1) is 18.9. The molecule has 148 valence electrons. The maximum atomic E-state index is 12.8. The first-order valence-corrected chi connectivity index (χ1v) is 9.40. The van der Waals surface area contributed by atoms with Gasteiger partial charge in [0.1, 0.15) is 18.3 Å². The molecule has 1 saturated heterocycles. The summed E-state index contributed by atoms with van der Waals surface area (Å²) in [5.41, 5.74) is 1.63. The normalized spacial score (nSPS) is 13.5. The number of halogens is 1. The quantitative estimate of drug-likeness (QED) is 0.506. The van der Waals surface area contributed by atoms with E-state index in [1.807, 2.05) is 4.90 Å². The van der Waals surface area contributed by atoms with Crippen LogP contribution in [0.5, 0.6) is 0 Å². The number of hydrogen-bond donors (Lipinski definition) is 1. The van der Waals surface area contributed by atoms with Gasteiger partial charge in [-0.1, -0.05) is 11.6 Å². The summed E-state index contributed by atoms with van der Waals surface area (Å²) in [5.74, 6) is -0.482. The van der Waals surface area contributed by atoms with Crippen molar-refractivity contribution >= 4 is 34.6 Å². The molecule has 0 spiro atoms. The minimum absolute atomic E-state index is 0.0813. The van der Waals surface area contributed by atoms with Gasteiger partial charge < -0.3 is 10.2 Å². The largest absolute Gasteiger partial charge is 0.366 e. The lowest BCUT2D eigenvalue weighted by Gasteiger charge is -2.18. The molecule has 10 heteroatoms. The summed E-state index contributed by atoms with van der Waals surface area (Å²) in [6.07, 6.45) is 4.87. The Bertz CT molecular complexity index is 1060. The fourth-order valence-electron chi connectivity index (χ4n) is 3.37. The summed E-state index contributed by atoms with van der Waals surface area (Å²) in [7, 11) is 0. The number of aromatic nitrogens is 3. The van der Waals surface area contributed by atoms with Crippen LogP contribution in [0.3, 0.4) is 0 Å². The number of benzene rings is 2. The van der Waals surface area contributed by atoms with Gasteiger partial charge in [-0.15, -0.1) is 0 Å². The predicted molar refractivity (Wildman–Crippen MR) is 109 cm³/mol. The number of anilines is 2. The number of rotatable bonds is 5. The molecule has 1 amide bonds. The van der Waals surface area contributed by atoms with Crippen molar-refractivity contribution in [2.45, 2.75) is 12.8 Å². The number of amides is 1.